The fourth-order valence-electron chi connectivity index (χ4n) is 2.31. The van der Waals surface area contributed by atoms with Gasteiger partial charge in [-0.15, -0.1) is 5.10 Å². The Bertz CT molecular complexity index is 856. The van der Waals surface area contributed by atoms with Crippen LogP contribution >= 0.6 is 0 Å². The van der Waals surface area contributed by atoms with Crippen molar-refractivity contribution in [3.8, 4) is 0 Å². The summed E-state index contributed by atoms with van der Waals surface area (Å²) in [6, 6.07) is 7.38. The minimum atomic E-state index is -0.276. The van der Waals surface area contributed by atoms with Crippen LogP contribution in [-0.2, 0) is 6.54 Å². The molecule has 0 fully saturated rings. The summed E-state index contributed by atoms with van der Waals surface area (Å²) in [5.41, 5.74) is 13.1. The third kappa shape index (κ3) is 3.08. The second kappa shape index (κ2) is 6.35. The summed E-state index contributed by atoms with van der Waals surface area (Å²) in [6.45, 7) is 0.280. The van der Waals surface area contributed by atoms with E-state index in [1.54, 1.807) is 18.5 Å². The number of aliphatic imine (C=N–C) groups is 1. The lowest BCUT2D eigenvalue weighted by Gasteiger charge is -2.03. The Kier molecular flexibility index (Phi) is 4.09. The maximum absolute atomic E-state index is 12.6. The van der Waals surface area contributed by atoms with Crippen LogP contribution in [0.25, 0.3) is 6.20 Å². The Morgan fingerprint density at radius 3 is 2.74 bits per heavy atom. The van der Waals surface area contributed by atoms with E-state index in [-0.39, 0.29) is 18.1 Å². The molecule has 0 aliphatic carbocycles. The van der Waals surface area contributed by atoms with Crippen molar-refractivity contribution in [2.45, 2.75) is 19.4 Å². The highest BCUT2D eigenvalue weighted by Gasteiger charge is 2.15. The van der Waals surface area contributed by atoms with Crippen molar-refractivity contribution in [3.05, 3.63) is 64.5 Å². The number of nitrogens with zero attached hydrogens (tertiary/aromatic N) is 4. The number of allylic oxidation sites excluding steroid dienone is 2. The van der Waals surface area contributed by atoms with Gasteiger partial charge in [0.05, 0.1) is 6.54 Å². The number of amidine groups is 1. The molecule has 2 heterocycles. The van der Waals surface area contributed by atoms with Crippen LogP contribution in [0.15, 0.2) is 52.4 Å². The molecule has 1 aliphatic rings. The number of benzene rings is 1. The molecule has 0 amide bonds. The molecule has 7 nitrogen and oxygen atoms in total. The summed E-state index contributed by atoms with van der Waals surface area (Å²) in [5.74, 6) is 0.525. The molecule has 23 heavy (non-hydrogen) atoms. The van der Waals surface area contributed by atoms with Gasteiger partial charge < -0.3 is 11.5 Å². The third-order valence-electron chi connectivity index (χ3n) is 3.55. The number of fused-ring (bicyclic) bond motifs is 1. The molecule has 1 aromatic heterocycles. The summed E-state index contributed by atoms with van der Waals surface area (Å²) in [5, 5.41) is 4.31. The fourth-order valence-corrected chi connectivity index (χ4v) is 2.31. The molecule has 0 saturated carbocycles. The zero-order chi connectivity index (χ0) is 16.2. The Hall–Kier alpha value is -3.09. The van der Waals surface area contributed by atoms with Gasteiger partial charge in [-0.1, -0.05) is 30.4 Å². The number of hydrogen-bond donors (Lipinski definition) is 2. The number of nitrogen functional groups attached to an aromatic ring is 1. The lowest BCUT2D eigenvalue weighted by molar-refractivity contribution is 0.655. The monoisotopic (exact) mass is 310 g/mol. The van der Waals surface area contributed by atoms with Crippen LogP contribution in [0.1, 0.15) is 24.2 Å². The first-order valence-electron chi connectivity index (χ1n) is 7.35. The van der Waals surface area contributed by atoms with Gasteiger partial charge >= 0.3 is 5.69 Å². The molecule has 2 aromatic rings. The van der Waals surface area contributed by atoms with Gasteiger partial charge in [-0.25, -0.2) is 19.0 Å². The lowest BCUT2D eigenvalue weighted by Crippen LogP contribution is -2.25. The molecule has 0 radical (unpaired) electrons. The van der Waals surface area contributed by atoms with Crippen LogP contribution in [0.5, 0.6) is 0 Å². The minimum absolute atomic E-state index is 0.199. The molecule has 7 heteroatoms. The number of aromatic nitrogens is 3. The second-order valence-electron chi connectivity index (χ2n) is 5.19. The van der Waals surface area contributed by atoms with E-state index in [1.165, 1.54) is 9.25 Å². The van der Waals surface area contributed by atoms with E-state index < -0.39 is 0 Å². The van der Waals surface area contributed by atoms with Crippen molar-refractivity contribution in [2.24, 2.45) is 10.7 Å². The first kappa shape index (κ1) is 14.8. The van der Waals surface area contributed by atoms with Gasteiger partial charge in [-0.3, -0.25) is 0 Å². The largest absolute Gasteiger partial charge is 0.398 e. The van der Waals surface area contributed by atoms with E-state index in [0.717, 1.165) is 18.4 Å². The van der Waals surface area contributed by atoms with E-state index in [0.29, 0.717) is 11.5 Å². The van der Waals surface area contributed by atoms with Crippen LogP contribution in [0, 0.1) is 0 Å². The minimum Gasteiger partial charge on any atom is -0.398 e. The molecule has 118 valence electrons. The summed E-state index contributed by atoms with van der Waals surface area (Å²) >= 11 is 0. The molecule has 0 saturated heterocycles. The number of rotatable bonds is 2. The smallest absolute Gasteiger partial charge is 0.350 e. The van der Waals surface area contributed by atoms with Crippen LogP contribution in [0.3, 0.4) is 0 Å². The number of para-hydroxylation sites is 1. The highest BCUT2D eigenvalue weighted by molar-refractivity contribution is 5.95. The van der Waals surface area contributed by atoms with E-state index in [4.69, 9.17) is 11.5 Å². The Balaban J connectivity index is 2.06. The first-order chi connectivity index (χ1) is 11.2. The maximum atomic E-state index is 12.6. The van der Waals surface area contributed by atoms with Crippen LogP contribution in [-0.4, -0.2) is 20.2 Å². The van der Waals surface area contributed by atoms with Gasteiger partial charge in [0.1, 0.15) is 0 Å². The Labute approximate surface area is 133 Å². The number of anilines is 1. The van der Waals surface area contributed by atoms with Crippen molar-refractivity contribution in [1.29, 1.82) is 0 Å². The molecular formula is C16H18N6O. The van der Waals surface area contributed by atoms with Gasteiger partial charge in [-0.2, -0.15) is 0 Å². The SMILES string of the molecule is NC1=N/C=C/CC/C=C/n2c1nn(Cc1ccccc1N)c2=O. The molecule has 4 N–H and O–H groups in total. The predicted molar refractivity (Wildman–Crippen MR) is 90.9 cm³/mol. The standard InChI is InChI=1S/C16H18N6O/c17-13-8-4-3-7-12(13)11-22-16(23)21-10-6-2-1-5-9-19-14(18)15(21)20-22/h3-10H,1-2,11,17H2,(H2,18,19)/b9-5+,10-6+. The summed E-state index contributed by atoms with van der Waals surface area (Å²) in [7, 11) is 0. The highest BCUT2D eigenvalue weighted by Crippen LogP contribution is 2.11. The Morgan fingerprint density at radius 2 is 1.91 bits per heavy atom. The van der Waals surface area contributed by atoms with Gasteiger partial charge in [0, 0.05) is 18.1 Å². The second-order valence-corrected chi connectivity index (χ2v) is 5.19. The predicted octanol–water partition coefficient (Wildman–Crippen LogP) is 1.16. The normalized spacial score (nSPS) is 17.1. The highest BCUT2D eigenvalue weighted by atomic mass is 16.2. The molecule has 0 atom stereocenters. The molecule has 0 unspecified atom stereocenters. The molecule has 1 aliphatic heterocycles. The zero-order valence-corrected chi connectivity index (χ0v) is 12.6. The van der Waals surface area contributed by atoms with Crippen LogP contribution in [0.4, 0.5) is 5.69 Å². The van der Waals surface area contributed by atoms with E-state index >= 15 is 0 Å². The quantitative estimate of drug-likeness (QED) is 0.812. The summed E-state index contributed by atoms with van der Waals surface area (Å²) in [6.07, 6.45) is 8.82. The fraction of sp³-hybridized carbons (Fsp3) is 0.188. The van der Waals surface area contributed by atoms with Gasteiger partial charge in [0.25, 0.3) is 0 Å². The third-order valence-corrected chi connectivity index (χ3v) is 3.55. The summed E-state index contributed by atoms with van der Waals surface area (Å²) in [4.78, 5) is 16.7. The number of nitrogens with two attached hydrogens (primary N) is 2. The molecular weight excluding hydrogens is 292 g/mol. The maximum Gasteiger partial charge on any atom is 0.350 e. The molecule has 3 rings (SSSR count). The first-order valence-corrected chi connectivity index (χ1v) is 7.35. The van der Waals surface area contributed by atoms with E-state index in [1.807, 2.05) is 30.4 Å². The van der Waals surface area contributed by atoms with Crippen LogP contribution < -0.4 is 17.2 Å². The molecule has 1 aromatic carbocycles. The molecule has 0 bridgehead atoms. The van der Waals surface area contributed by atoms with Crippen molar-refractivity contribution < 1.29 is 0 Å². The topological polar surface area (TPSA) is 104 Å². The zero-order valence-electron chi connectivity index (χ0n) is 12.6. The van der Waals surface area contributed by atoms with Crippen molar-refractivity contribution in [2.75, 3.05) is 5.73 Å². The van der Waals surface area contributed by atoms with Gasteiger partial charge in [-0.05, 0) is 24.5 Å². The summed E-state index contributed by atoms with van der Waals surface area (Å²) < 4.78 is 2.76. The van der Waals surface area contributed by atoms with Crippen molar-refractivity contribution >= 4 is 17.7 Å². The van der Waals surface area contributed by atoms with Gasteiger partial charge in [0.2, 0.25) is 5.82 Å². The van der Waals surface area contributed by atoms with Gasteiger partial charge in [0.15, 0.2) is 5.84 Å². The van der Waals surface area contributed by atoms with Crippen LogP contribution in [0.2, 0.25) is 0 Å². The van der Waals surface area contributed by atoms with Crippen molar-refractivity contribution in [3.63, 3.8) is 0 Å². The average Bonchev–Trinajstić information content (AvgIpc) is 2.85. The number of hydrogen-bond acceptors (Lipinski definition) is 5. The molecule has 0 spiro atoms. The van der Waals surface area contributed by atoms with E-state index in [2.05, 4.69) is 10.1 Å². The van der Waals surface area contributed by atoms with E-state index in [9.17, 15) is 4.79 Å². The van der Waals surface area contributed by atoms with Crippen molar-refractivity contribution in [1.82, 2.24) is 14.3 Å². The lowest BCUT2D eigenvalue weighted by atomic mass is 10.2. The Morgan fingerprint density at radius 1 is 1.13 bits per heavy atom. The average molecular weight is 310 g/mol.